The van der Waals surface area contributed by atoms with E-state index >= 15 is 0 Å². The largest absolute Gasteiger partial charge is 0.281 e. The number of rotatable bonds is 0. The van der Waals surface area contributed by atoms with Crippen LogP contribution in [0.15, 0.2) is 36.4 Å². The number of fused-ring (bicyclic) bond motifs is 2. The first-order valence-corrected chi connectivity index (χ1v) is 5.37. The Morgan fingerprint density at radius 1 is 0.800 bits per heavy atom. The lowest BCUT2D eigenvalue weighted by Gasteiger charge is -1.99. The molecule has 0 bridgehead atoms. The van der Waals surface area contributed by atoms with E-state index in [1.807, 2.05) is 24.3 Å². The first-order valence-electron chi connectivity index (χ1n) is 4.55. The van der Waals surface area contributed by atoms with Crippen LogP contribution in [-0.2, 0) is 0 Å². The summed E-state index contributed by atoms with van der Waals surface area (Å²) >= 11 is 0.782. The van der Waals surface area contributed by atoms with E-state index in [-0.39, 0.29) is 10.2 Å². The number of carbonyl (C=O) groups is 2. The van der Waals surface area contributed by atoms with Gasteiger partial charge in [0.05, 0.1) is 0 Å². The molecule has 3 heteroatoms. The second-order valence-electron chi connectivity index (χ2n) is 3.42. The Morgan fingerprint density at radius 3 is 1.73 bits per heavy atom. The SMILES string of the molecule is O=C1SC(=O)c2cc3ccccc3cc21. The highest BCUT2D eigenvalue weighted by Gasteiger charge is 2.28. The van der Waals surface area contributed by atoms with Gasteiger partial charge >= 0.3 is 0 Å². The van der Waals surface area contributed by atoms with Crippen molar-refractivity contribution in [2.45, 2.75) is 0 Å². The standard InChI is InChI=1S/C12H6O2S/c13-11-9-5-7-3-1-2-4-8(7)6-10(9)12(14)15-11/h1-6H. The normalized spacial score (nSPS) is 14.7. The van der Waals surface area contributed by atoms with Crippen molar-refractivity contribution in [3.05, 3.63) is 47.5 Å². The average molecular weight is 214 g/mol. The third-order valence-electron chi connectivity index (χ3n) is 2.51. The van der Waals surface area contributed by atoms with Crippen molar-refractivity contribution >= 4 is 32.8 Å². The number of hydrogen-bond acceptors (Lipinski definition) is 3. The van der Waals surface area contributed by atoms with Gasteiger partial charge in [-0.05, 0) is 34.7 Å². The number of benzene rings is 2. The summed E-state index contributed by atoms with van der Waals surface area (Å²) in [5.41, 5.74) is 1.09. The zero-order valence-corrected chi connectivity index (χ0v) is 8.51. The predicted octanol–water partition coefficient (Wildman–Crippen LogP) is 2.87. The molecule has 1 aliphatic rings. The first kappa shape index (κ1) is 8.68. The molecule has 2 aromatic carbocycles. The van der Waals surface area contributed by atoms with Crippen molar-refractivity contribution in [3.8, 4) is 0 Å². The fourth-order valence-corrected chi connectivity index (χ4v) is 2.50. The quantitative estimate of drug-likeness (QED) is 0.676. The molecule has 2 aromatic rings. The summed E-state index contributed by atoms with van der Waals surface area (Å²) in [6, 6.07) is 11.3. The minimum atomic E-state index is -0.138. The maximum Gasteiger partial charge on any atom is 0.227 e. The summed E-state index contributed by atoms with van der Waals surface area (Å²) in [5.74, 6) is 0. The Kier molecular flexibility index (Phi) is 1.70. The van der Waals surface area contributed by atoms with Crippen LogP contribution in [0.1, 0.15) is 20.7 Å². The van der Waals surface area contributed by atoms with Crippen molar-refractivity contribution in [1.29, 1.82) is 0 Å². The van der Waals surface area contributed by atoms with E-state index in [1.54, 1.807) is 12.1 Å². The summed E-state index contributed by atoms with van der Waals surface area (Å²) in [4.78, 5) is 22.9. The molecule has 1 heterocycles. The molecule has 3 rings (SSSR count). The lowest BCUT2D eigenvalue weighted by atomic mass is 10.0. The average Bonchev–Trinajstić information content (AvgIpc) is 2.52. The van der Waals surface area contributed by atoms with Gasteiger partial charge in [0.25, 0.3) is 0 Å². The highest BCUT2D eigenvalue weighted by atomic mass is 32.2. The van der Waals surface area contributed by atoms with Gasteiger partial charge in [-0.15, -0.1) is 0 Å². The van der Waals surface area contributed by atoms with E-state index in [0.29, 0.717) is 11.1 Å². The van der Waals surface area contributed by atoms with Crippen LogP contribution in [0.3, 0.4) is 0 Å². The van der Waals surface area contributed by atoms with Gasteiger partial charge in [-0.3, -0.25) is 9.59 Å². The molecule has 72 valence electrons. The van der Waals surface area contributed by atoms with Crippen LogP contribution in [0.5, 0.6) is 0 Å². The van der Waals surface area contributed by atoms with E-state index in [9.17, 15) is 9.59 Å². The smallest absolute Gasteiger partial charge is 0.227 e. The van der Waals surface area contributed by atoms with Gasteiger partial charge < -0.3 is 0 Å². The molecule has 0 atom stereocenters. The molecule has 0 spiro atoms. The molecule has 0 aromatic heterocycles. The second-order valence-corrected chi connectivity index (χ2v) is 4.37. The van der Waals surface area contributed by atoms with Gasteiger partial charge in [0.2, 0.25) is 10.2 Å². The summed E-state index contributed by atoms with van der Waals surface area (Å²) in [7, 11) is 0. The predicted molar refractivity (Wildman–Crippen MR) is 60.2 cm³/mol. The van der Waals surface area contributed by atoms with Crippen LogP contribution in [0, 0.1) is 0 Å². The number of hydrogen-bond donors (Lipinski definition) is 0. The maximum absolute atomic E-state index is 11.5. The minimum Gasteiger partial charge on any atom is -0.281 e. The van der Waals surface area contributed by atoms with Crippen molar-refractivity contribution in [3.63, 3.8) is 0 Å². The van der Waals surface area contributed by atoms with Crippen LogP contribution < -0.4 is 0 Å². The molecule has 1 aliphatic heterocycles. The second kappa shape index (κ2) is 2.94. The molecule has 2 nitrogen and oxygen atoms in total. The topological polar surface area (TPSA) is 34.1 Å². The summed E-state index contributed by atoms with van der Waals surface area (Å²) in [5, 5.41) is 1.72. The minimum absolute atomic E-state index is 0.138. The Bertz CT molecular complexity index is 549. The van der Waals surface area contributed by atoms with E-state index < -0.39 is 0 Å². The van der Waals surface area contributed by atoms with Crippen LogP contribution >= 0.6 is 11.8 Å². The van der Waals surface area contributed by atoms with Gasteiger partial charge in [-0.2, -0.15) is 0 Å². The molecule has 0 amide bonds. The maximum atomic E-state index is 11.5. The van der Waals surface area contributed by atoms with Crippen LogP contribution in [-0.4, -0.2) is 10.2 Å². The van der Waals surface area contributed by atoms with Gasteiger partial charge in [0.1, 0.15) is 0 Å². The Labute approximate surface area is 90.3 Å². The van der Waals surface area contributed by atoms with E-state index in [2.05, 4.69) is 0 Å². The lowest BCUT2D eigenvalue weighted by molar-refractivity contribution is 0.108. The van der Waals surface area contributed by atoms with Gasteiger partial charge in [0.15, 0.2) is 0 Å². The van der Waals surface area contributed by atoms with Crippen molar-refractivity contribution in [1.82, 2.24) is 0 Å². The summed E-state index contributed by atoms with van der Waals surface area (Å²) in [6.45, 7) is 0. The molecule has 0 unspecified atom stereocenters. The van der Waals surface area contributed by atoms with Gasteiger partial charge in [-0.25, -0.2) is 0 Å². The summed E-state index contributed by atoms with van der Waals surface area (Å²) in [6.07, 6.45) is 0. The molecular formula is C12H6O2S. The zero-order valence-electron chi connectivity index (χ0n) is 7.69. The molecule has 0 saturated carbocycles. The van der Waals surface area contributed by atoms with Gasteiger partial charge in [0, 0.05) is 11.1 Å². The molecular weight excluding hydrogens is 208 g/mol. The lowest BCUT2D eigenvalue weighted by Crippen LogP contribution is -1.90. The van der Waals surface area contributed by atoms with Crippen LogP contribution in [0.4, 0.5) is 0 Å². The van der Waals surface area contributed by atoms with Crippen molar-refractivity contribution in [2.24, 2.45) is 0 Å². The highest BCUT2D eigenvalue weighted by Crippen LogP contribution is 2.32. The number of thioether (sulfide) groups is 1. The van der Waals surface area contributed by atoms with E-state index in [0.717, 1.165) is 22.5 Å². The van der Waals surface area contributed by atoms with E-state index in [4.69, 9.17) is 0 Å². The molecule has 0 saturated heterocycles. The Hall–Kier alpha value is -1.61. The van der Waals surface area contributed by atoms with Gasteiger partial charge in [-0.1, -0.05) is 24.3 Å². The van der Waals surface area contributed by atoms with E-state index in [1.165, 1.54) is 0 Å². The summed E-state index contributed by atoms with van der Waals surface area (Å²) < 4.78 is 0. The monoisotopic (exact) mass is 214 g/mol. The van der Waals surface area contributed by atoms with Crippen LogP contribution in [0.2, 0.25) is 0 Å². The van der Waals surface area contributed by atoms with Crippen LogP contribution in [0.25, 0.3) is 10.8 Å². The fourth-order valence-electron chi connectivity index (χ4n) is 1.77. The third-order valence-corrected chi connectivity index (χ3v) is 3.32. The third kappa shape index (κ3) is 1.20. The molecule has 0 fully saturated rings. The first-order chi connectivity index (χ1) is 7.25. The molecule has 15 heavy (non-hydrogen) atoms. The number of carbonyl (C=O) groups excluding carboxylic acids is 2. The van der Waals surface area contributed by atoms with Crippen molar-refractivity contribution in [2.75, 3.05) is 0 Å². The zero-order chi connectivity index (χ0) is 10.4. The molecule has 0 radical (unpaired) electrons. The Balaban J connectivity index is 2.41. The molecule has 0 N–H and O–H groups in total. The Morgan fingerprint density at radius 2 is 1.27 bits per heavy atom. The highest BCUT2D eigenvalue weighted by molar-refractivity contribution is 8.27. The molecule has 0 aliphatic carbocycles. The fraction of sp³-hybridized carbons (Fsp3) is 0. The van der Waals surface area contributed by atoms with Crippen molar-refractivity contribution < 1.29 is 9.59 Å².